The van der Waals surface area contributed by atoms with Gasteiger partial charge in [0.1, 0.15) is 6.54 Å². The molecule has 0 spiro atoms. The summed E-state index contributed by atoms with van der Waals surface area (Å²) < 4.78 is 33.0. The first-order valence-corrected chi connectivity index (χ1v) is 13.3. The summed E-state index contributed by atoms with van der Waals surface area (Å²) in [5.74, 6) is -0.410. The highest BCUT2D eigenvalue weighted by molar-refractivity contribution is 7.99. The molecule has 1 unspecified atom stereocenters. The summed E-state index contributed by atoms with van der Waals surface area (Å²) in [6.45, 7) is 2.80. The number of carbonyl (C=O) groups excluding carboxylic acids is 2. The van der Waals surface area contributed by atoms with Crippen LogP contribution in [0.15, 0.2) is 52.3 Å². The molecule has 2 amide bonds. The first-order chi connectivity index (χ1) is 15.8. The molecule has 33 heavy (non-hydrogen) atoms. The Morgan fingerprint density at radius 1 is 1.18 bits per heavy atom. The second kappa shape index (κ2) is 10.0. The lowest BCUT2D eigenvalue weighted by atomic mass is 10.1. The number of fused-ring (bicyclic) bond motifs is 1. The van der Waals surface area contributed by atoms with Crippen molar-refractivity contribution >= 4 is 56.6 Å². The number of carbonyl (C=O) groups is 2. The van der Waals surface area contributed by atoms with Gasteiger partial charge in [-0.25, -0.2) is 8.42 Å². The number of nitrogens with zero attached hydrogens (tertiary/aromatic N) is 2. The average Bonchev–Trinajstić information content (AvgIpc) is 2.93. The van der Waals surface area contributed by atoms with Crippen LogP contribution in [-0.2, 0) is 24.3 Å². The van der Waals surface area contributed by atoms with Crippen molar-refractivity contribution in [2.45, 2.75) is 16.7 Å². The fourth-order valence-electron chi connectivity index (χ4n) is 3.64. The van der Waals surface area contributed by atoms with Gasteiger partial charge in [0.15, 0.2) is 0 Å². The van der Waals surface area contributed by atoms with Crippen molar-refractivity contribution < 1.29 is 22.7 Å². The zero-order valence-corrected chi connectivity index (χ0v) is 20.4. The first-order valence-electron chi connectivity index (χ1n) is 10.5. The van der Waals surface area contributed by atoms with Gasteiger partial charge in [-0.3, -0.25) is 9.59 Å². The van der Waals surface area contributed by atoms with E-state index in [2.05, 4.69) is 5.32 Å². The van der Waals surface area contributed by atoms with Gasteiger partial charge in [0.2, 0.25) is 21.8 Å². The Balaban J connectivity index is 1.64. The van der Waals surface area contributed by atoms with E-state index in [0.29, 0.717) is 35.4 Å². The number of rotatable bonds is 5. The van der Waals surface area contributed by atoms with Crippen molar-refractivity contribution in [2.75, 3.05) is 48.8 Å². The van der Waals surface area contributed by atoms with Gasteiger partial charge in [0.25, 0.3) is 0 Å². The molecule has 0 bridgehead atoms. The van der Waals surface area contributed by atoms with Crippen molar-refractivity contribution in [3.63, 3.8) is 0 Å². The zero-order valence-electron chi connectivity index (χ0n) is 18.0. The minimum atomic E-state index is -3.75. The highest BCUT2D eigenvalue weighted by atomic mass is 35.5. The van der Waals surface area contributed by atoms with Crippen LogP contribution in [-0.4, -0.2) is 63.1 Å². The van der Waals surface area contributed by atoms with Crippen LogP contribution < -0.4 is 10.2 Å². The molecule has 176 valence electrons. The maximum absolute atomic E-state index is 13.2. The summed E-state index contributed by atoms with van der Waals surface area (Å²) in [5.41, 5.74) is 0.980. The van der Waals surface area contributed by atoms with E-state index in [4.69, 9.17) is 16.3 Å². The Morgan fingerprint density at radius 3 is 2.58 bits per heavy atom. The van der Waals surface area contributed by atoms with Crippen LogP contribution in [0.3, 0.4) is 0 Å². The molecule has 1 saturated heterocycles. The number of nitrogens with one attached hydrogen (secondary N) is 1. The normalized spacial score (nSPS) is 19.6. The highest BCUT2D eigenvalue weighted by Gasteiger charge is 2.32. The molecule has 2 aromatic rings. The quantitative estimate of drug-likeness (QED) is 0.665. The standard InChI is InChI=1S/C22H24ClN3O5S2/c1-15-14-32-20-7-6-18(33(29,30)25-8-10-31-11-9-25)12-19(20)26(22(15)28)13-21(27)24-17-4-2-16(23)3-5-17/h2-7,12,15H,8-11,13-14H2,1H3,(H,24,27). The predicted octanol–water partition coefficient (Wildman–Crippen LogP) is 3.07. The maximum Gasteiger partial charge on any atom is 0.244 e. The monoisotopic (exact) mass is 509 g/mol. The number of sulfonamides is 1. The Bertz CT molecular complexity index is 1150. The Hall–Kier alpha value is -2.11. The molecule has 8 nitrogen and oxygen atoms in total. The SMILES string of the molecule is CC1CSc2ccc(S(=O)(=O)N3CCOCC3)cc2N(CC(=O)Nc2ccc(Cl)cc2)C1=O. The molecule has 1 atom stereocenters. The number of hydrogen-bond acceptors (Lipinski definition) is 6. The van der Waals surface area contributed by atoms with E-state index >= 15 is 0 Å². The van der Waals surface area contributed by atoms with Crippen molar-refractivity contribution in [1.82, 2.24) is 4.31 Å². The van der Waals surface area contributed by atoms with Crippen molar-refractivity contribution in [2.24, 2.45) is 5.92 Å². The molecule has 2 aliphatic heterocycles. The number of benzene rings is 2. The molecule has 1 fully saturated rings. The van der Waals surface area contributed by atoms with Gasteiger partial charge in [0.05, 0.1) is 23.8 Å². The third-order valence-corrected chi connectivity index (χ3v) is 8.90. The summed E-state index contributed by atoms with van der Waals surface area (Å²) in [7, 11) is -3.75. The average molecular weight is 510 g/mol. The van der Waals surface area contributed by atoms with Crippen LogP contribution in [0, 0.1) is 5.92 Å². The lowest BCUT2D eigenvalue weighted by Gasteiger charge is -2.27. The van der Waals surface area contributed by atoms with Crippen molar-refractivity contribution in [3.05, 3.63) is 47.5 Å². The van der Waals surface area contributed by atoms with Crippen molar-refractivity contribution in [1.29, 1.82) is 0 Å². The predicted molar refractivity (Wildman–Crippen MR) is 128 cm³/mol. The number of thioether (sulfide) groups is 1. The van der Waals surface area contributed by atoms with Crippen LogP contribution in [0.1, 0.15) is 6.92 Å². The van der Waals surface area contributed by atoms with Gasteiger partial charge in [-0.05, 0) is 42.5 Å². The van der Waals surface area contributed by atoms with E-state index in [-0.39, 0.29) is 36.4 Å². The second-order valence-corrected chi connectivity index (χ2v) is 11.3. The summed E-state index contributed by atoms with van der Waals surface area (Å²) in [6.07, 6.45) is 0. The molecular weight excluding hydrogens is 486 g/mol. The van der Waals surface area contributed by atoms with E-state index < -0.39 is 15.9 Å². The van der Waals surface area contributed by atoms with Gasteiger partial charge in [-0.15, -0.1) is 11.8 Å². The van der Waals surface area contributed by atoms with E-state index in [0.717, 1.165) is 4.90 Å². The lowest BCUT2D eigenvalue weighted by molar-refractivity contribution is -0.123. The Morgan fingerprint density at radius 2 is 1.88 bits per heavy atom. The number of morpholine rings is 1. The Kier molecular flexibility index (Phi) is 7.30. The fourth-order valence-corrected chi connectivity index (χ4v) is 6.25. The molecule has 4 rings (SSSR count). The van der Waals surface area contributed by atoms with Crippen LogP contribution in [0.5, 0.6) is 0 Å². The maximum atomic E-state index is 13.2. The van der Waals surface area contributed by atoms with Gasteiger partial charge >= 0.3 is 0 Å². The minimum absolute atomic E-state index is 0.0919. The van der Waals surface area contributed by atoms with Gasteiger partial charge in [0, 0.05) is 40.4 Å². The molecule has 0 aromatic heterocycles. The van der Waals surface area contributed by atoms with E-state index in [1.165, 1.54) is 27.0 Å². The van der Waals surface area contributed by atoms with Crippen LogP contribution >= 0.6 is 23.4 Å². The third kappa shape index (κ3) is 5.36. The molecule has 2 aromatic carbocycles. The molecule has 11 heteroatoms. The molecule has 0 saturated carbocycles. The number of anilines is 2. The summed E-state index contributed by atoms with van der Waals surface area (Å²) in [4.78, 5) is 28.2. The van der Waals surface area contributed by atoms with Crippen LogP contribution in [0.2, 0.25) is 5.02 Å². The molecule has 0 aliphatic carbocycles. The molecule has 0 radical (unpaired) electrons. The molecule has 2 aliphatic rings. The number of halogens is 1. The van der Waals surface area contributed by atoms with E-state index in [9.17, 15) is 18.0 Å². The van der Waals surface area contributed by atoms with E-state index in [1.807, 2.05) is 0 Å². The Labute approximate surface area is 202 Å². The summed E-state index contributed by atoms with van der Waals surface area (Å²) >= 11 is 7.37. The van der Waals surface area contributed by atoms with Gasteiger partial charge in [-0.1, -0.05) is 18.5 Å². The zero-order chi connectivity index (χ0) is 23.6. The largest absolute Gasteiger partial charge is 0.379 e. The summed E-state index contributed by atoms with van der Waals surface area (Å²) in [6, 6.07) is 11.4. The number of ether oxygens (including phenoxy) is 1. The number of hydrogen-bond donors (Lipinski definition) is 1. The van der Waals surface area contributed by atoms with E-state index in [1.54, 1.807) is 43.3 Å². The minimum Gasteiger partial charge on any atom is -0.379 e. The number of amides is 2. The second-order valence-electron chi connectivity index (χ2n) is 7.84. The fraction of sp³-hybridized carbons (Fsp3) is 0.364. The smallest absolute Gasteiger partial charge is 0.244 e. The van der Waals surface area contributed by atoms with Gasteiger partial charge < -0.3 is 15.0 Å². The topological polar surface area (TPSA) is 96.0 Å². The first kappa shape index (κ1) is 24.0. The van der Waals surface area contributed by atoms with Crippen molar-refractivity contribution in [3.8, 4) is 0 Å². The third-order valence-electron chi connectivity index (χ3n) is 5.44. The molecule has 2 heterocycles. The summed E-state index contributed by atoms with van der Waals surface area (Å²) in [5, 5.41) is 3.31. The lowest BCUT2D eigenvalue weighted by Crippen LogP contribution is -2.42. The van der Waals surface area contributed by atoms with Crippen LogP contribution in [0.25, 0.3) is 0 Å². The molecular formula is C22H24ClN3O5S2. The van der Waals surface area contributed by atoms with Gasteiger partial charge in [-0.2, -0.15) is 4.31 Å². The highest BCUT2D eigenvalue weighted by Crippen LogP contribution is 2.38. The molecule has 1 N–H and O–H groups in total. The van der Waals surface area contributed by atoms with Crippen LogP contribution in [0.4, 0.5) is 11.4 Å².